The Kier molecular flexibility index (Phi) is 7.03. The molecule has 0 heterocycles. The van der Waals surface area contributed by atoms with Crippen molar-refractivity contribution in [3.8, 4) is 0 Å². The zero-order valence-corrected chi connectivity index (χ0v) is 5.87. The minimum absolute atomic E-state index is 0.685. The normalized spacial score (nSPS) is 10.7. The first-order chi connectivity index (χ1) is 4.37. The van der Waals surface area contributed by atoms with Crippen molar-refractivity contribution >= 4 is 11.9 Å². The van der Waals surface area contributed by atoms with Crippen molar-refractivity contribution in [3.05, 3.63) is 0 Å². The molecule has 0 aromatic rings. The van der Waals surface area contributed by atoms with Crippen molar-refractivity contribution in [2.45, 2.75) is 20.0 Å². The molecule has 10 heavy (non-hydrogen) atoms. The van der Waals surface area contributed by atoms with Gasteiger partial charge in [0.05, 0.1) is 0 Å². The molecule has 1 amide bonds. The van der Waals surface area contributed by atoms with Gasteiger partial charge in [-0.3, -0.25) is 9.59 Å². The van der Waals surface area contributed by atoms with Crippen molar-refractivity contribution in [2.75, 3.05) is 0 Å². The van der Waals surface area contributed by atoms with Gasteiger partial charge in [0.1, 0.15) is 6.10 Å². The Bertz CT molecular complexity index is 117. The summed E-state index contributed by atoms with van der Waals surface area (Å²) >= 11 is 0. The summed E-state index contributed by atoms with van der Waals surface area (Å²) in [6.07, 6.45) is -1.01. The molecule has 0 aromatic carbocycles. The van der Waals surface area contributed by atoms with Gasteiger partial charge in [0.25, 0.3) is 5.97 Å². The molecule has 0 aromatic heterocycles. The van der Waals surface area contributed by atoms with Gasteiger partial charge in [-0.15, -0.1) is 0 Å². The number of aliphatic carboxylic acids is 1. The fourth-order valence-corrected chi connectivity index (χ4v) is 0. The van der Waals surface area contributed by atoms with Crippen LogP contribution in [0.15, 0.2) is 0 Å². The second kappa shape index (κ2) is 6.03. The molecule has 0 aliphatic heterocycles. The van der Waals surface area contributed by atoms with Crippen LogP contribution >= 0.6 is 0 Å². The zero-order valence-electron chi connectivity index (χ0n) is 5.87. The number of carbonyl (C=O) groups excluding carboxylic acids is 1. The lowest BCUT2D eigenvalue weighted by molar-refractivity contribution is -0.134. The predicted molar refractivity (Wildman–Crippen MR) is 34.2 cm³/mol. The van der Waals surface area contributed by atoms with Crippen molar-refractivity contribution in [3.63, 3.8) is 0 Å². The molecule has 1 atom stereocenters. The summed E-state index contributed by atoms with van der Waals surface area (Å²) in [5.41, 5.74) is 4.55. The van der Waals surface area contributed by atoms with E-state index in [0.717, 1.165) is 6.92 Å². The molecule has 1 unspecified atom stereocenters. The first kappa shape index (κ1) is 11.7. The number of aliphatic hydroxyl groups is 1. The Morgan fingerprint density at radius 3 is 1.60 bits per heavy atom. The largest absolute Gasteiger partial charge is 0.481 e. The summed E-state index contributed by atoms with van der Waals surface area (Å²) in [4.78, 5) is 18.7. The SMILES string of the molecule is CC(=O)O.CC(O)C(N)=O. The van der Waals surface area contributed by atoms with Crippen LogP contribution in [0.1, 0.15) is 13.8 Å². The third-order valence-electron chi connectivity index (χ3n) is 0.412. The minimum Gasteiger partial charge on any atom is -0.481 e. The maximum Gasteiger partial charge on any atom is 0.300 e. The monoisotopic (exact) mass is 149 g/mol. The van der Waals surface area contributed by atoms with Crippen LogP contribution in [0, 0.1) is 0 Å². The Hall–Kier alpha value is -1.10. The topological polar surface area (TPSA) is 101 Å². The van der Waals surface area contributed by atoms with Gasteiger partial charge in [-0.05, 0) is 6.92 Å². The quantitative estimate of drug-likeness (QED) is 0.442. The molecule has 0 spiro atoms. The van der Waals surface area contributed by atoms with Crippen molar-refractivity contribution in [1.29, 1.82) is 0 Å². The van der Waals surface area contributed by atoms with Gasteiger partial charge in [-0.1, -0.05) is 0 Å². The number of carboxylic acid groups (broad SMARTS) is 1. The summed E-state index contributed by atoms with van der Waals surface area (Å²) in [5, 5.41) is 15.6. The molecular weight excluding hydrogens is 138 g/mol. The van der Waals surface area contributed by atoms with E-state index in [1.807, 2.05) is 0 Å². The smallest absolute Gasteiger partial charge is 0.300 e. The van der Waals surface area contributed by atoms with Crippen molar-refractivity contribution < 1.29 is 19.8 Å². The lowest BCUT2D eigenvalue weighted by Crippen LogP contribution is -2.24. The number of nitrogens with two attached hydrogens (primary N) is 1. The van der Waals surface area contributed by atoms with E-state index in [1.54, 1.807) is 0 Å². The average molecular weight is 149 g/mol. The van der Waals surface area contributed by atoms with Crippen LogP contribution in [0.25, 0.3) is 0 Å². The van der Waals surface area contributed by atoms with Gasteiger partial charge in [0.2, 0.25) is 5.91 Å². The standard InChI is InChI=1S/C3H7NO2.C2H4O2/c1-2(5)3(4)6;1-2(3)4/h2,5H,1H3,(H2,4,6);1H3,(H,3,4). The van der Waals surface area contributed by atoms with E-state index in [1.165, 1.54) is 6.92 Å². The number of amides is 1. The Balaban J connectivity index is 0. The summed E-state index contributed by atoms with van der Waals surface area (Å²) in [6.45, 7) is 2.41. The molecule has 0 saturated heterocycles. The molecule has 4 N–H and O–H groups in total. The number of aliphatic hydroxyl groups excluding tert-OH is 1. The van der Waals surface area contributed by atoms with E-state index < -0.39 is 18.0 Å². The molecule has 0 aliphatic carbocycles. The molecule has 0 saturated carbocycles. The van der Waals surface area contributed by atoms with Crippen molar-refractivity contribution in [2.24, 2.45) is 5.73 Å². The fraction of sp³-hybridized carbons (Fsp3) is 0.600. The Morgan fingerprint density at radius 1 is 1.50 bits per heavy atom. The highest BCUT2D eigenvalue weighted by Gasteiger charge is 1.98. The van der Waals surface area contributed by atoms with E-state index in [4.69, 9.17) is 15.0 Å². The lowest BCUT2D eigenvalue weighted by atomic mass is 10.4. The fourth-order valence-electron chi connectivity index (χ4n) is 0. The lowest BCUT2D eigenvalue weighted by Gasteiger charge is -1.90. The first-order valence-electron chi connectivity index (χ1n) is 2.54. The molecule has 5 heteroatoms. The second-order valence-corrected chi connectivity index (χ2v) is 1.60. The number of carbonyl (C=O) groups is 2. The minimum atomic E-state index is -1.01. The van der Waals surface area contributed by atoms with Gasteiger partial charge in [0.15, 0.2) is 0 Å². The van der Waals surface area contributed by atoms with E-state index in [9.17, 15) is 4.79 Å². The summed E-state index contributed by atoms with van der Waals surface area (Å²) in [5.74, 6) is -1.52. The third kappa shape index (κ3) is 28.6. The second-order valence-electron chi connectivity index (χ2n) is 1.60. The maximum atomic E-state index is 9.67. The maximum absolute atomic E-state index is 9.67. The van der Waals surface area contributed by atoms with Crippen LogP contribution in [0.4, 0.5) is 0 Å². The molecule has 5 nitrogen and oxygen atoms in total. The van der Waals surface area contributed by atoms with Crippen LogP contribution < -0.4 is 5.73 Å². The molecule has 0 bridgehead atoms. The zero-order chi connectivity index (χ0) is 8.73. The summed E-state index contributed by atoms with van der Waals surface area (Å²) < 4.78 is 0. The van der Waals surface area contributed by atoms with Gasteiger partial charge in [-0.25, -0.2) is 0 Å². The number of hydrogen-bond donors (Lipinski definition) is 3. The van der Waals surface area contributed by atoms with E-state index >= 15 is 0 Å². The third-order valence-corrected chi connectivity index (χ3v) is 0.412. The Labute approximate surface area is 58.5 Å². The van der Waals surface area contributed by atoms with Crippen LogP contribution in [0.2, 0.25) is 0 Å². The van der Waals surface area contributed by atoms with E-state index in [2.05, 4.69) is 5.73 Å². The highest BCUT2D eigenvalue weighted by Crippen LogP contribution is 1.70. The van der Waals surface area contributed by atoms with Crippen LogP contribution in [0.3, 0.4) is 0 Å². The van der Waals surface area contributed by atoms with E-state index in [0.29, 0.717) is 0 Å². The van der Waals surface area contributed by atoms with Crippen LogP contribution in [-0.2, 0) is 9.59 Å². The van der Waals surface area contributed by atoms with Crippen molar-refractivity contribution in [1.82, 2.24) is 0 Å². The van der Waals surface area contributed by atoms with Gasteiger partial charge >= 0.3 is 0 Å². The van der Waals surface area contributed by atoms with Crippen LogP contribution in [0.5, 0.6) is 0 Å². The summed E-state index contributed by atoms with van der Waals surface area (Å²) in [7, 11) is 0. The highest BCUT2D eigenvalue weighted by molar-refractivity contribution is 5.77. The first-order valence-corrected chi connectivity index (χ1v) is 2.54. The molecule has 0 aliphatic rings. The molecule has 0 fully saturated rings. The van der Waals surface area contributed by atoms with Gasteiger partial charge in [0, 0.05) is 6.92 Å². The molecular formula is C5H11NO4. The molecule has 0 rings (SSSR count). The Morgan fingerprint density at radius 2 is 1.60 bits per heavy atom. The number of rotatable bonds is 1. The summed E-state index contributed by atoms with van der Waals surface area (Å²) in [6, 6.07) is 0. The van der Waals surface area contributed by atoms with E-state index in [-0.39, 0.29) is 0 Å². The van der Waals surface area contributed by atoms with Crippen LogP contribution in [-0.4, -0.2) is 28.2 Å². The number of hydrogen-bond acceptors (Lipinski definition) is 3. The number of carboxylic acids is 1. The number of primary amides is 1. The average Bonchev–Trinajstić information content (AvgIpc) is 1.63. The highest BCUT2D eigenvalue weighted by atomic mass is 16.4. The predicted octanol–water partition coefficient (Wildman–Crippen LogP) is -1.06. The van der Waals surface area contributed by atoms with Gasteiger partial charge < -0.3 is 15.9 Å². The van der Waals surface area contributed by atoms with Gasteiger partial charge in [-0.2, -0.15) is 0 Å². The molecule has 0 radical (unpaired) electrons. The molecule has 60 valence electrons.